The summed E-state index contributed by atoms with van der Waals surface area (Å²) < 4.78 is 33.4. The summed E-state index contributed by atoms with van der Waals surface area (Å²) in [6.45, 7) is 2.15. The van der Waals surface area contributed by atoms with Crippen molar-refractivity contribution in [3.63, 3.8) is 0 Å². The number of hydrogen-bond donors (Lipinski definition) is 2. The highest BCUT2D eigenvalue weighted by molar-refractivity contribution is 9.10. The predicted octanol–water partition coefficient (Wildman–Crippen LogP) is 2.29. The first kappa shape index (κ1) is 18.7. The Morgan fingerprint density at radius 2 is 2.10 bits per heavy atom. The molecular formula is C13H20BrClN2O3S. The summed E-state index contributed by atoms with van der Waals surface area (Å²) >= 11 is 3.30. The zero-order valence-electron chi connectivity index (χ0n) is 11.9. The van der Waals surface area contributed by atoms with Crippen LogP contribution in [0.2, 0.25) is 0 Å². The van der Waals surface area contributed by atoms with Crippen molar-refractivity contribution in [2.75, 3.05) is 13.7 Å². The van der Waals surface area contributed by atoms with Crippen LogP contribution in [-0.2, 0) is 10.0 Å². The standard InChI is InChI=1S/C13H19BrN2O3S.ClH/c1-13(8-15,9-3-4-9)16-20(17,18)10-5-6-12(19-2)11(14)7-10;/h5-7,9,16H,3-4,8,15H2,1-2H3;1H. The predicted molar refractivity (Wildman–Crippen MR) is 88.4 cm³/mol. The van der Waals surface area contributed by atoms with Crippen LogP contribution in [0.5, 0.6) is 5.75 Å². The smallest absolute Gasteiger partial charge is 0.241 e. The van der Waals surface area contributed by atoms with Crippen LogP contribution in [0.25, 0.3) is 0 Å². The van der Waals surface area contributed by atoms with Crippen LogP contribution >= 0.6 is 28.3 Å². The van der Waals surface area contributed by atoms with Gasteiger partial charge in [0.2, 0.25) is 10.0 Å². The Bertz CT molecular complexity index is 607. The summed E-state index contributed by atoms with van der Waals surface area (Å²) in [4.78, 5) is 0.200. The van der Waals surface area contributed by atoms with E-state index in [1.165, 1.54) is 19.2 Å². The highest BCUT2D eigenvalue weighted by atomic mass is 79.9. The summed E-state index contributed by atoms with van der Waals surface area (Å²) in [5, 5.41) is 0. The number of nitrogens with one attached hydrogen (secondary N) is 1. The van der Waals surface area contributed by atoms with Gasteiger partial charge in [0.15, 0.2) is 0 Å². The van der Waals surface area contributed by atoms with E-state index in [1.54, 1.807) is 6.07 Å². The van der Waals surface area contributed by atoms with Crippen LogP contribution in [0.1, 0.15) is 19.8 Å². The number of methoxy groups -OCH3 is 1. The van der Waals surface area contributed by atoms with Gasteiger partial charge in [-0.1, -0.05) is 0 Å². The molecule has 0 heterocycles. The molecule has 0 radical (unpaired) electrons. The zero-order valence-corrected chi connectivity index (χ0v) is 15.1. The second-order valence-corrected chi connectivity index (χ2v) is 7.83. The molecule has 1 saturated carbocycles. The number of halogens is 2. The molecule has 1 fully saturated rings. The maximum atomic E-state index is 12.5. The molecule has 2 rings (SSSR count). The molecular weight excluding hydrogens is 380 g/mol. The van der Waals surface area contributed by atoms with Crippen molar-refractivity contribution >= 4 is 38.4 Å². The van der Waals surface area contributed by atoms with Gasteiger partial charge in [-0.15, -0.1) is 12.4 Å². The lowest BCUT2D eigenvalue weighted by atomic mass is 9.98. The Hall–Kier alpha value is -0.340. The number of rotatable bonds is 6. The van der Waals surface area contributed by atoms with Gasteiger partial charge < -0.3 is 10.5 Å². The average Bonchev–Trinajstić information content (AvgIpc) is 3.22. The van der Waals surface area contributed by atoms with E-state index in [9.17, 15) is 8.42 Å². The number of benzene rings is 1. The summed E-state index contributed by atoms with van der Waals surface area (Å²) in [6, 6.07) is 4.68. The van der Waals surface area contributed by atoms with E-state index in [0.717, 1.165) is 12.8 Å². The lowest BCUT2D eigenvalue weighted by Crippen LogP contribution is -2.52. The lowest BCUT2D eigenvalue weighted by Gasteiger charge is -2.29. The minimum Gasteiger partial charge on any atom is -0.496 e. The van der Waals surface area contributed by atoms with Gasteiger partial charge in [0.1, 0.15) is 5.75 Å². The van der Waals surface area contributed by atoms with Crippen LogP contribution in [0, 0.1) is 5.92 Å². The molecule has 1 aliphatic rings. The monoisotopic (exact) mass is 398 g/mol. The van der Waals surface area contributed by atoms with E-state index >= 15 is 0 Å². The molecule has 0 saturated heterocycles. The van der Waals surface area contributed by atoms with Gasteiger partial charge in [0, 0.05) is 12.1 Å². The third-order valence-corrected chi connectivity index (χ3v) is 5.93. The van der Waals surface area contributed by atoms with Gasteiger partial charge in [-0.2, -0.15) is 0 Å². The Labute approximate surface area is 140 Å². The molecule has 21 heavy (non-hydrogen) atoms. The Kier molecular flexibility index (Phi) is 6.08. The normalized spacial score (nSPS) is 17.7. The quantitative estimate of drug-likeness (QED) is 0.769. The topological polar surface area (TPSA) is 81.4 Å². The summed E-state index contributed by atoms with van der Waals surface area (Å²) in [5.74, 6) is 0.914. The van der Waals surface area contributed by atoms with Crippen LogP contribution in [0.3, 0.4) is 0 Å². The largest absolute Gasteiger partial charge is 0.496 e. The van der Waals surface area contributed by atoms with Crippen LogP contribution < -0.4 is 15.2 Å². The van der Waals surface area contributed by atoms with Gasteiger partial charge in [0.05, 0.1) is 16.5 Å². The first-order valence-corrected chi connectivity index (χ1v) is 8.67. The zero-order chi connectivity index (χ0) is 15.0. The van der Waals surface area contributed by atoms with Crippen LogP contribution in [-0.4, -0.2) is 27.6 Å². The molecule has 3 N–H and O–H groups in total. The highest BCUT2D eigenvalue weighted by Gasteiger charge is 2.43. The van der Waals surface area contributed by atoms with Crippen molar-refractivity contribution in [3.05, 3.63) is 22.7 Å². The van der Waals surface area contributed by atoms with Gasteiger partial charge >= 0.3 is 0 Å². The van der Waals surface area contributed by atoms with E-state index in [1.807, 2.05) is 6.92 Å². The Morgan fingerprint density at radius 3 is 2.52 bits per heavy atom. The van der Waals surface area contributed by atoms with Crippen molar-refractivity contribution in [1.29, 1.82) is 0 Å². The molecule has 1 aromatic carbocycles. The molecule has 8 heteroatoms. The summed E-state index contributed by atoms with van der Waals surface area (Å²) in [6.07, 6.45) is 2.03. The minimum absolute atomic E-state index is 0. The van der Waals surface area contributed by atoms with Crippen molar-refractivity contribution in [2.45, 2.75) is 30.2 Å². The summed E-state index contributed by atoms with van der Waals surface area (Å²) in [5.41, 5.74) is 5.17. The SMILES string of the molecule is COc1ccc(S(=O)(=O)NC(C)(CN)C2CC2)cc1Br.Cl. The molecule has 0 aromatic heterocycles. The van der Waals surface area contributed by atoms with Crippen LogP contribution in [0.15, 0.2) is 27.6 Å². The second kappa shape index (κ2) is 6.83. The molecule has 0 amide bonds. The molecule has 0 aliphatic heterocycles. The maximum Gasteiger partial charge on any atom is 0.241 e. The average molecular weight is 400 g/mol. The molecule has 1 aliphatic carbocycles. The molecule has 120 valence electrons. The number of ether oxygens (including phenoxy) is 1. The molecule has 1 atom stereocenters. The fraction of sp³-hybridized carbons (Fsp3) is 0.538. The van der Waals surface area contributed by atoms with Gasteiger partial charge in [-0.05, 0) is 59.8 Å². The summed E-state index contributed by atoms with van der Waals surface area (Å²) in [7, 11) is -2.07. The van der Waals surface area contributed by atoms with E-state index < -0.39 is 15.6 Å². The third-order valence-electron chi connectivity index (χ3n) is 3.70. The third kappa shape index (κ3) is 4.10. The number of hydrogen-bond acceptors (Lipinski definition) is 4. The lowest BCUT2D eigenvalue weighted by molar-refractivity contribution is 0.374. The van der Waals surface area contributed by atoms with E-state index in [4.69, 9.17) is 10.5 Å². The highest BCUT2D eigenvalue weighted by Crippen LogP contribution is 2.40. The Balaban J connectivity index is 0.00000220. The van der Waals surface area contributed by atoms with Crippen molar-refractivity contribution in [3.8, 4) is 5.75 Å². The minimum atomic E-state index is -3.60. The molecule has 5 nitrogen and oxygen atoms in total. The maximum absolute atomic E-state index is 12.5. The second-order valence-electron chi connectivity index (χ2n) is 5.30. The first-order valence-electron chi connectivity index (χ1n) is 6.40. The van der Waals surface area contributed by atoms with E-state index in [2.05, 4.69) is 20.7 Å². The van der Waals surface area contributed by atoms with Crippen molar-refractivity contribution in [2.24, 2.45) is 11.7 Å². The molecule has 0 spiro atoms. The van der Waals surface area contributed by atoms with Gasteiger partial charge in [-0.3, -0.25) is 0 Å². The fourth-order valence-corrected chi connectivity index (χ4v) is 4.39. The number of nitrogens with two attached hydrogens (primary N) is 1. The van der Waals surface area contributed by atoms with Gasteiger partial charge in [0.25, 0.3) is 0 Å². The van der Waals surface area contributed by atoms with Crippen molar-refractivity contribution < 1.29 is 13.2 Å². The molecule has 1 unspecified atom stereocenters. The fourth-order valence-electron chi connectivity index (χ4n) is 2.19. The van der Waals surface area contributed by atoms with Gasteiger partial charge in [-0.25, -0.2) is 13.1 Å². The number of sulfonamides is 1. The van der Waals surface area contributed by atoms with Crippen LogP contribution in [0.4, 0.5) is 0 Å². The first-order chi connectivity index (χ1) is 9.32. The molecule has 1 aromatic rings. The van der Waals surface area contributed by atoms with E-state index in [0.29, 0.717) is 16.1 Å². The van der Waals surface area contributed by atoms with Crippen molar-refractivity contribution in [1.82, 2.24) is 4.72 Å². The van der Waals surface area contributed by atoms with E-state index in [-0.39, 0.29) is 23.8 Å². The molecule has 0 bridgehead atoms. The Morgan fingerprint density at radius 1 is 1.48 bits per heavy atom.